The van der Waals surface area contributed by atoms with Gasteiger partial charge in [0.1, 0.15) is 5.82 Å². The van der Waals surface area contributed by atoms with E-state index in [-0.39, 0.29) is 5.82 Å². The summed E-state index contributed by atoms with van der Waals surface area (Å²) in [4.78, 5) is 8.58. The molecule has 1 aromatic heterocycles. The number of benzene rings is 1. The summed E-state index contributed by atoms with van der Waals surface area (Å²) in [7, 11) is 0. The Morgan fingerprint density at radius 3 is 2.76 bits per heavy atom. The van der Waals surface area contributed by atoms with E-state index < -0.39 is 0 Å². The molecule has 88 valence electrons. The molecule has 2 N–H and O–H groups in total. The second-order valence-electron chi connectivity index (χ2n) is 3.65. The highest BCUT2D eigenvalue weighted by atomic mass is 79.9. The first-order valence-corrected chi connectivity index (χ1v) is 5.89. The third-order valence-corrected chi connectivity index (χ3v) is 2.98. The van der Waals surface area contributed by atoms with Gasteiger partial charge in [-0.2, -0.15) is 0 Å². The zero-order chi connectivity index (χ0) is 12.4. The summed E-state index contributed by atoms with van der Waals surface area (Å²) in [6.45, 7) is 2.20. The lowest BCUT2D eigenvalue weighted by Crippen LogP contribution is -2.03. The van der Waals surface area contributed by atoms with Gasteiger partial charge in [-0.3, -0.25) is 0 Å². The van der Waals surface area contributed by atoms with E-state index >= 15 is 0 Å². The Labute approximate surface area is 107 Å². The molecule has 0 amide bonds. The third-order valence-electron chi connectivity index (χ3n) is 2.29. The van der Waals surface area contributed by atoms with E-state index in [1.165, 1.54) is 12.1 Å². The van der Waals surface area contributed by atoms with Gasteiger partial charge in [-0.25, -0.2) is 14.4 Å². The Bertz CT molecular complexity index is 557. The predicted molar refractivity (Wildman–Crippen MR) is 67.8 cm³/mol. The molecule has 3 nitrogen and oxygen atoms in total. The molecule has 0 aliphatic rings. The highest BCUT2D eigenvalue weighted by Gasteiger charge is 2.09. The van der Waals surface area contributed by atoms with Crippen LogP contribution in [0.1, 0.15) is 11.4 Å². The van der Waals surface area contributed by atoms with Crippen molar-refractivity contribution in [3.63, 3.8) is 0 Å². The van der Waals surface area contributed by atoms with Crippen LogP contribution in [-0.4, -0.2) is 9.97 Å². The van der Waals surface area contributed by atoms with Crippen LogP contribution >= 0.6 is 15.9 Å². The zero-order valence-electron chi connectivity index (χ0n) is 9.24. The highest BCUT2D eigenvalue weighted by molar-refractivity contribution is 9.10. The van der Waals surface area contributed by atoms with E-state index in [9.17, 15) is 4.39 Å². The molecule has 0 radical (unpaired) electrons. The lowest BCUT2D eigenvalue weighted by atomic mass is 10.2. The number of rotatable bonds is 2. The van der Waals surface area contributed by atoms with Crippen molar-refractivity contribution in [3.05, 3.63) is 45.9 Å². The molecular weight excluding hydrogens is 285 g/mol. The van der Waals surface area contributed by atoms with Gasteiger partial charge in [-0.05, 0) is 31.2 Å². The smallest absolute Gasteiger partial charge is 0.160 e. The van der Waals surface area contributed by atoms with Gasteiger partial charge in [0, 0.05) is 22.3 Å². The van der Waals surface area contributed by atoms with E-state index in [1.807, 2.05) is 13.0 Å². The molecule has 0 saturated heterocycles. The number of hydrogen-bond donors (Lipinski definition) is 1. The number of nitrogens with zero attached hydrogens (tertiary/aromatic N) is 2. The molecule has 1 heterocycles. The summed E-state index contributed by atoms with van der Waals surface area (Å²) in [5.41, 5.74) is 7.74. The zero-order valence-corrected chi connectivity index (χ0v) is 10.8. The minimum Gasteiger partial charge on any atom is -0.325 e. The van der Waals surface area contributed by atoms with Gasteiger partial charge in [0.2, 0.25) is 0 Å². The molecule has 0 unspecified atom stereocenters. The Balaban J connectivity index is 2.59. The van der Waals surface area contributed by atoms with E-state index in [0.717, 1.165) is 15.9 Å². The number of aryl methyl sites for hydroxylation is 1. The molecule has 2 aromatic rings. The Hall–Kier alpha value is -1.33. The van der Waals surface area contributed by atoms with Crippen LogP contribution in [0.25, 0.3) is 11.4 Å². The Morgan fingerprint density at radius 2 is 2.06 bits per heavy atom. The maximum atomic E-state index is 13.2. The van der Waals surface area contributed by atoms with E-state index in [0.29, 0.717) is 17.9 Å². The maximum absolute atomic E-state index is 13.2. The average molecular weight is 296 g/mol. The fraction of sp³-hybridized carbons (Fsp3) is 0.167. The van der Waals surface area contributed by atoms with Crippen molar-refractivity contribution in [1.29, 1.82) is 0 Å². The van der Waals surface area contributed by atoms with Crippen molar-refractivity contribution in [1.82, 2.24) is 9.97 Å². The van der Waals surface area contributed by atoms with Crippen LogP contribution in [0, 0.1) is 12.7 Å². The molecule has 0 bridgehead atoms. The van der Waals surface area contributed by atoms with Crippen molar-refractivity contribution in [2.45, 2.75) is 13.5 Å². The summed E-state index contributed by atoms with van der Waals surface area (Å²) >= 11 is 3.36. The number of nitrogens with two attached hydrogens (primary N) is 1. The molecule has 17 heavy (non-hydrogen) atoms. The van der Waals surface area contributed by atoms with Crippen molar-refractivity contribution in [3.8, 4) is 11.4 Å². The molecule has 0 aliphatic carbocycles. The van der Waals surface area contributed by atoms with Crippen molar-refractivity contribution in [2.24, 2.45) is 5.73 Å². The lowest BCUT2D eigenvalue weighted by Gasteiger charge is -2.06. The fourth-order valence-electron chi connectivity index (χ4n) is 1.53. The molecular formula is C12H11BrFN3. The van der Waals surface area contributed by atoms with Crippen LogP contribution in [-0.2, 0) is 6.54 Å². The van der Waals surface area contributed by atoms with Crippen molar-refractivity contribution in [2.75, 3.05) is 0 Å². The Morgan fingerprint density at radius 1 is 1.29 bits per heavy atom. The van der Waals surface area contributed by atoms with Crippen LogP contribution in [0.2, 0.25) is 0 Å². The number of aromatic nitrogens is 2. The maximum Gasteiger partial charge on any atom is 0.160 e. The van der Waals surface area contributed by atoms with Gasteiger partial charge in [-0.15, -0.1) is 0 Å². The molecule has 0 spiro atoms. The predicted octanol–water partition coefficient (Wildman–Crippen LogP) is 2.81. The van der Waals surface area contributed by atoms with Gasteiger partial charge in [0.05, 0.1) is 5.69 Å². The van der Waals surface area contributed by atoms with Crippen molar-refractivity contribution < 1.29 is 4.39 Å². The monoisotopic (exact) mass is 295 g/mol. The molecule has 5 heteroatoms. The summed E-state index contributed by atoms with van der Waals surface area (Å²) in [5.74, 6) is 0.166. The van der Waals surface area contributed by atoms with Gasteiger partial charge in [0.25, 0.3) is 0 Å². The SMILES string of the molecule is Cc1cc(CN)nc(-c2cc(F)ccc2Br)n1. The molecule has 0 saturated carbocycles. The van der Waals surface area contributed by atoms with Crippen LogP contribution in [0.15, 0.2) is 28.7 Å². The first kappa shape index (κ1) is 12.1. The summed E-state index contributed by atoms with van der Waals surface area (Å²) in [5, 5.41) is 0. The first-order chi connectivity index (χ1) is 8.10. The second-order valence-corrected chi connectivity index (χ2v) is 4.51. The van der Waals surface area contributed by atoms with Gasteiger partial charge >= 0.3 is 0 Å². The van der Waals surface area contributed by atoms with Gasteiger partial charge in [0.15, 0.2) is 5.82 Å². The quantitative estimate of drug-likeness (QED) is 0.927. The van der Waals surface area contributed by atoms with Crippen LogP contribution < -0.4 is 5.73 Å². The van der Waals surface area contributed by atoms with E-state index in [2.05, 4.69) is 25.9 Å². The van der Waals surface area contributed by atoms with Gasteiger partial charge < -0.3 is 5.73 Å². The van der Waals surface area contributed by atoms with Crippen LogP contribution in [0.5, 0.6) is 0 Å². The first-order valence-electron chi connectivity index (χ1n) is 5.10. The normalized spacial score (nSPS) is 10.6. The summed E-state index contributed by atoms with van der Waals surface area (Å²) in [6.07, 6.45) is 0. The second kappa shape index (κ2) is 4.89. The molecule has 0 aliphatic heterocycles. The minimum atomic E-state index is -0.317. The number of hydrogen-bond acceptors (Lipinski definition) is 3. The summed E-state index contributed by atoms with van der Waals surface area (Å²) < 4.78 is 14.0. The molecule has 2 rings (SSSR count). The minimum absolute atomic E-state index is 0.317. The summed E-state index contributed by atoms with van der Waals surface area (Å²) in [6, 6.07) is 6.24. The molecule has 0 atom stereocenters. The lowest BCUT2D eigenvalue weighted by molar-refractivity contribution is 0.628. The van der Waals surface area contributed by atoms with Gasteiger partial charge in [-0.1, -0.05) is 15.9 Å². The number of halogens is 2. The largest absolute Gasteiger partial charge is 0.325 e. The fourth-order valence-corrected chi connectivity index (χ4v) is 1.95. The molecule has 1 aromatic carbocycles. The molecule has 0 fully saturated rings. The van der Waals surface area contributed by atoms with Crippen LogP contribution in [0.3, 0.4) is 0 Å². The highest BCUT2D eigenvalue weighted by Crippen LogP contribution is 2.26. The average Bonchev–Trinajstić information content (AvgIpc) is 2.31. The van der Waals surface area contributed by atoms with Crippen LogP contribution in [0.4, 0.5) is 4.39 Å². The van der Waals surface area contributed by atoms with Crippen molar-refractivity contribution >= 4 is 15.9 Å². The van der Waals surface area contributed by atoms with E-state index in [4.69, 9.17) is 5.73 Å². The van der Waals surface area contributed by atoms with E-state index in [1.54, 1.807) is 6.07 Å². The topological polar surface area (TPSA) is 51.8 Å². The standard InChI is InChI=1S/C12H11BrFN3/c1-7-4-9(6-15)17-12(16-7)10-5-8(14)2-3-11(10)13/h2-5H,6,15H2,1H3. The Kier molecular flexibility index (Phi) is 3.49. The third kappa shape index (κ3) is 2.68.